The van der Waals surface area contributed by atoms with E-state index in [1.807, 2.05) is 0 Å². The van der Waals surface area contributed by atoms with Gasteiger partial charge in [-0.2, -0.15) is 0 Å². The van der Waals surface area contributed by atoms with E-state index in [2.05, 4.69) is 68.4 Å². The molecular weight excluding hydrogens is 432 g/mol. The molecular formula is C36H66. The molecule has 0 heteroatoms. The van der Waals surface area contributed by atoms with E-state index in [1.165, 1.54) is 77.0 Å². The van der Waals surface area contributed by atoms with Gasteiger partial charge in [0.2, 0.25) is 0 Å². The van der Waals surface area contributed by atoms with E-state index in [0.29, 0.717) is 0 Å². The van der Waals surface area contributed by atoms with Gasteiger partial charge in [-0.15, -0.1) is 0 Å². The van der Waals surface area contributed by atoms with Crippen molar-refractivity contribution in [3.05, 3.63) is 11.6 Å². The Hall–Kier alpha value is -0.260. The quantitative estimate of drug-likeness (QED) is 0.263. The minimum atomic E-state index is 0.731. The zero-order valence-electron chi connectivity index (χ0n) is 26.2. The normalized spacial score (nSPS) is 42.2. The van der Waals surface area contributed by atoms with Gasteiger partial charge in [-0.1, -0.05) is 106 Å². The van der Waals surface area contributed by atoms with E-state index < -0.39 is 0 Å². The fourth-order valence-electron chi connectivity index (χ4n) is 9.11. The smallest absolute Gasteiger partial charge is 0.0234 e. The number of hydrogen-bond acceptors (Lipinski definition) is 0. The van der Waals surface area contributed by atoms with Gasteiger partial charge in [-0.05, 0) is 123 Å². The Bertz CT molecular complexity index is 659. The summed E-state index contributed by atoms with van der Waals surface area (Å²) in [5.74, 6) is 11.3. The van der Waals surface area contributed by atoms with Crippen LogP contribution in [-0.2, 0) is 0 Å². The van der Waals surface area contributed by atoms with Crippen LogP contribution in [0.4, 0.5) is 0 Å². The first-order valence-electron chi connectivity index (χ1n) is 16.8. The maximum absolute atomic E-state index is 2.64. The molecule has 36 heavy (non-hydrogen) atoms. The second kappa shape index (κ2) is 14.2. The van der Waals surface area contributed by atoms with Gasteiger partial charge in [-0.3, -0.25) is 0 Å². The summed E-state index contributed by atoms with van der Waals surface area (Å²) in [7, 11) is 0. The first-order chi connectivity index (χ1) is 17.2. The third-order valence-electron chi connectivity index (χ3n) is 12.5. The molecule has 0 bridgehead atoms. The van der Waals surface area contributed by atoms with Gasteiger partial charge >= 0.3 is 0 Å². The number of rotatable bonds is 10. The third kappa shape index (κ3) is 7.65. The predicted octanol–water partition coefficient (Wildman–Crippen LogP) is 11.6. The van der Waals surface area contributed by atoms with Gasteiger partial charge in [0, 0.05) is 0 Å². The average Bonchev–Trinajstić information content (AvgIpc) is 2.83. The fraction of sp³-hybridized carbons (Fsp3) is 0.944. The van der Waals surface area contributed by atoms with E-state index in [1.54, 1.807) is 12.0 Å². The van der Waals surface area contributed by atoms with Gasteiger partial charge in [0.05, 0.1) is 0 Å². The van der Waals surface area contributed by atoms with Gasteiger partial charge in [0.1, 0.15) is 0 Å². The lowest BCUT2D eigenvalue weighted by atomic mass is 9.53. The Labute approximate surface area is 228 Å². The highest BCUT2D eigenvalue weighted by Crippen LogP contribution is 2.55. The largest absolute Gasteiger partial charge is 0.0825 e. The third-order valence-corrected chi connectivity index (χ3v) is 12.5. The van der Waals surface area contributed by atoms with Crippen molar-refractivity contribution in [3.8, 4) is 0 Å². The molecule has 0 heterocycles. The second-order valence-electron chi connectivity index (χ2n) is 14.9. The summed E-state index contributed by atoms with van der Waals surface area (Å²) in [6.45, 7) is 22.4. The van der Waals surface area contributed by atoms with E-state index in [-0.39, 0.29) is 0 Å². The van der Waals surface area contributed by atoms with Crippen LogP contribution in [0, 0.1) is 71.0 Å². The minimum absolute atomic E-state index is 0.731. The molecule has 0 aromatic rings. The first-order valence-corrected chi connectivity index (χ1v) is 16.8. The molecule has 0 N–H and O–H groups in total. The molecule has 3 aliphatic carbocycles. The van der Waals surface area contributed by atoms with Crippen LogP contribution >= 0.6 is 0 Å². The van der Waals surface area contributed by atoms with Crippen molar-refractivity contribution < 1.29 is 0 Å². The molecule has 210 valence electrons. The molecule has 0 radical (unpaired) electrons. The van der Waals surface area contributed by atoms with E-state index in [4.69, 9.17) is 0 Å². The SMILES string of the molecule is CCC(C)C(C)C=C(C)CC1C(C)CC1CCC1C(CC)CC1C1CCCCCC(C)C(C)CC1C. The van der Waals surface area contributed by atoms with Crippen LogP contribution in [-0.4, -0.2) is 0 Å². The lowest BCUT2D eigenvalue weighted by Crippen LogP contribution is -2.44. The summed E-state index contributed by atoms with van der Waals surface area (Å²) in [5, 5.41) is 0. The Morgan fingerprint density at radius 1 is 0.722 bits per heavy atom. The molecule has 0 saturated heterocycles. The zero-order chi connectivity index (χ0) is 26.4. The van der Waals surface area contributed by atoms with Crippen LogP contribution < -0.4 is 0 Å². The van der Waals surface area contributed by atoms with Crippen molar-refractivity contribution in [1.82, 2.24) is 0 Å². The first kappa shape index (κ1) is 30.3. The van der Waals surface area contributed by atoms with E-state index in [9.17, 15) is 0 Å². The second-order valence-corrected chi connectivity index (χ2v) is 14.9. The molecule has 3 rings (SSSR count). The molecule has 0 nitrogen and oxygen atoms in total. The highest BCUT2D eigenvalue weighted by Gasteiger charge is 2.46. The molecule has 3 aliphatic rings. The molecule has 12 unspecified atom stereocenters. The Kier molecular flexibility index (Phi) is 12.0. The highest BCUT2D eigenvalue weighted by molar-refractivity contribution is 5.06. The lowest BCUT2D eigenvalue weighted by molar-refractivity contribution is -0.0280. The maximum Gasteiger partial charge on any atom is -0.0234 e. The monoisotopic (exact) mass is 499 g/mol. The Morgan fingerprint density at radius 3 is 2.11 bits per heavy atom. The van der Waals surface area contributed by atoms with E-state index in [0.717, 1.165) is 71.0 Å². The van der Waals surface area contributed by atoms with Crippen LogP contribution in [0.15, 0.2) is 11.6 Å². The van der Waals surface area contributed by atoms with Gasteiger partial charge in [0.15, 0.2) is 0 Å². The van der Waals surface area contributed by atoms with E-state index >= 15 is 0 Å². The van der Waals surface area contributed by atoms with Crippen molar-refractivity contribution in [2.24, 2.45) is 71.0 Å². The standard InChI is InChI=1S/C36H66/c1-10-25(4)27(6)19-24(3)20-35-30(9)22-32(35)17-18-34-31(11-2)23-36(34)33-16-14-12-13-15-26(5)28(7)21-29(33)8/h19,25-36H,10-18,20-23H2,1-9H3. The van der Waals surface area contributed by atoms with Crippen LogP contribution in [0.25, 0.3) is 0 Å². The molecule has 3 fully saturated rings. The highest BCUT2D eigenvalue weighted by atomic mass is 14.5. The molecule has 0 aromatic carbocycles. The minimum Gasteiger partial charge on any atom is -0.0825 e. The summed E-state index contributed by atoms with van der Waals surface area (Å²) in [6.07, 6.45) is 21.8. The fourth-order valence-corrected chi connectivity index (χ4v) is 9.11. The molecule has 0 amide bonds. The van der Waals surface area contributed by atoms with Crippen molar-refractivity contribution >= 4 is 0 Å². The molecule has 0 spiro atoms. The van der Waals surface area contributed by atoms with Crippen molar-refractivity contribution in [1.29, 1.82) is 0 Å². The molecule has 12 atom stereocenters. The predicted molar refractivity (Wildman–Crippen MR) is 161 cm³/mol. The average molecular weight is 499 g/mol. The molecule has 0 aliphatic heterocycles. The zero-order valence-corrected chi connectivity index (χ0v) is 26.2. The molecule has 0 aromatic heterocycles. The maximum atomic E-state index is 2.64. The molecule has 3 saturated carbocycles. The summed E-state index contributed by atoms with van der Waals surface area (Å²) in [5.41, 5.74) is 1.68. The summed E-state index contributed by atoms with van der Waals surface area (Å²) in [4.78, 5) is 0. The lowest BCUT2D eigenvalue weighted by Gasteiger charge is -2.52. The van der Waals surface area contributed by atoms with Crippen LogP contribution in [0.3, 0.4) is 0 Å². The van der Waals surface area contributed by atoms with Gasteiger partial charge < -0.3 is 0 Å². The van der Waals surface area contributed by atoms with Crippen molar-refractivity contribution in [2.75, 3.05) is 0 Å². The summed E-state index contributed by atoms with van der Waals surface area (Å²) in [6, 6.07) is 0. The Balaban J connectivity index is 1.58. The van der Waals surface area contributed by atoms with Crippen molar-refractivity contribution in [3.63, 3.8) is 0 Å². The van der Waals surface area contributed by atoms with Gasteiger partial charge in [0.25, 0.3) is 0 Å². The summed E-state index contributed by atoms with van der Waals surface area (Å²) >= 11 is 0. The Morgan fingerprint density at radius 2 is 1.44 bits per heavy atom. The van der Waals surface area contributed by atoms with Crippen LogP contribution in [0.2, 0.25) is 0 Å². The number of hydrogen-bond donors (Lipinski definition) is 0. The van der Waals surface area contributed by atoms with Crippen molar-refractivity contribution in [2.45, 2.75) is 146 Å². The number of allylic oxidation sites excluding steroid dienone is 2. The summed E-state index contributed by atoms with van der Waals surface area (Å²) < 4.78 is 0. The van der Waals surface area contributed by atoms with Crippen LogP contribution in [0.1, 0.15) is 146 Å². The van der Waals surface area contributed by atoms with Crippen LogP contribution in [0.5, 0.6) is 0 Å². The topological polar surface area (TPSA) is 0 Å². The van der Waals surface area contributed by atoms with Gasteiger partial charge in [-0.25, -0.2) is 0 Å².